The Morgan fingerprint density at radius 2 is 2.31 bits per heavy atom. The highest BCUT2D eigenvalue weighted by Gasteiger charge is 2.08. The molecule has 1 aromatic heterocycles. The molecule has 0 bridgehead atoms. The minimum absolute atomic E-state index is 0.0571. The van der Waals surface area contributed by atoms with Gasteiger partial charge in [0.2, 0.25) is 0 Å². The van der Waals surface area contributed by atoms with Crippen molar-refractivity contribution in [3.8, 4) is 6.07 Å². The normalized spacial score (nSPS) is 12.4. The number of pyridine rings is 1. The molecule has 1 atom stereocenters. The number of hydrogen-bond donors (Lipinski definition) is 1. The molecule has 1 unspecified atom stereocenters. The number of nitrogen functional groups attached to an aromatic ring is 1. The Hall–Kier alpha value is -1.60. The van der Waals surface area contributed by atoms with Gasteiger partial charge in [-0.25, -0.2) is 4.98 Å². The summed E-state index contributed by atoms with van der Waals surface area (Å²) in [5, 5.41) is 8.78. The maximum atomic E-state index is 8.78. The van der Waals surface area contributed by atoms with Crippen molar-refractivity contribution in [2.24, 2.45) is 5.92 Å². The molecule has 16 heavy (non-hydrogen) atoms. The van der Waals surface area contributed by atoms with Crippen LogP contribution < -0.4 is 5.73 Å². The molecule has 1 heterocycles. The Kier molecular flexibility index (Phi) is 4.74. The van der Waals surface area contributed by atoms with Crippen LogP contribution in [0.2, 0.25) is 0 Å². The first-order valence-corrected chi connectivity index (χ1v) is 5.48. The van der Waals surface area contributed by atoms with Crippen LogP contribution in [-0.4, -0.2) is 23.0 Å². The molecule has 0 spiro atoms. The van der Waals surface area contributed by atoms with E-state index in [1.54, 1.807) is 12.3 Å². The second-order valence-corrected chi connectivity index (χ2v) is 3.95. The molecule has 0 aliphatic carbocycles. The molecule has 1 aromatic rings. The van der Waals surface area contributed by atoms with E-state index in [0.717, 1.165) is 25.2 Å². The Labute approximate surface area is 96.7 Å². The zero-order valence-electron chi connectivity index (χ0n) is 9.85. The van der Waals surface area contributed by atoms with E-state index >= 15 is 0 Å². The lowest BCUT2D eigenvalue weighted by atomic mass is 10.2. The van der Waals surface area contributed by atoms with Crippen LogP contribution in [0.3, 0.4) is 0 Å². The van der Waals surface area contributed by atoms with Crippen LogP contribution in [0.15, 0.2) is 18.3 Å². The summed E-state index contributed by atoms with van der Waals surface area (Å²) in [7, 11) is 0. The number of nitriles is 1. The van der Waals surface area contributed by atoms with Crippen LogP contribution in [0.4, 0.5) is 5.82 Å². The average molecular weight is 218 g/mol. The van der Waals surface area contributed by atoms with Gasteiger partial charge in [-0.2, -0.15) is 5.26 Å². The van der Waals surface area contributed by atoms with Crippen molar-refractivity contribution in [2.45, 2.75) is 20.4 Å². The van der Waals surface area contributed by atoms with Gasteiger partial charge in [0.15, 0.2) is 0 Å². The first kappa shape index (κ1) is 12.5. The minimum atomic E-state index is 0.0571. The van der Waals surface area contributed by atoms with Gasteiger partial charge in [-0.05, 0) is 25.1 Å². The van der Waals surface area contributed by atoms with Gasteiger partial charge < -0.3 is 5.73 Å². The Morgan fingerprint density at radius 3 is 2.81 bits per heavy atom. The predicted octanol–water partition coefficient (Wildman–Crippen LogP) is 1.65. The van der Waals surface area contributed by atoms with Crippen molar-refractivity contribution in [3.05, 3.63) is 23.9 Å². The lowest BCUT2D eigenvalue weighted by Crippen LogP contribution is -2.27. The minimum Gasteiger partial charge on any atom is -0.384 e. The van der Waals surface area contributed by atoms with Crippen LogP contribution in [0.25, 0.3) is 0 Å². The Balaban J connectivity index is 2.56. The molecule has 0 fully saturated rings. The molecule has 0 saturated carbocycles. The summed E-state index contributed by atoms with van der Waals surface area (Å²) < 4.78 is 0. The lowest BCUT2D eigenvalue weighted by Gasteiger charge is -2.21. The summed E-state index contributed by atoms with van der Waals surface area (Å²) in [6, 6.07) is 6.02. The molecule has 0 radical (unpaired) electrons. The summed E-state index contributed by atoms with van der Waals surface area (Å²) in [6.07, 6.45) is 1.79. The van der Waals surface area contributed by atoms with Crippen molar-refractivity contribution in [2.75, 3.05) is 18.8 Å². The second-order valence-electron chi connectivity index (χ2n) is 3.95. The molecule has 0 aliphatic heterocycles. The molecule has 4 heteroatoms. The number of nitrogens with two attached hydrogens (primary N) is 1. The highest BCUT2D eigenvalue weighted by atomic mass is 15.1. The van der Waals surface area contributed by atoms with Crippen molar-refractivity contribution in [1.29, 1.82) is 5.26 Å². The molecule has 0 saturated heterocycles. The number of nitrogens with zero attached hydrogens (tertiary/aromatic N) is 3. The standard InChI is InChI=1S/C12H18N4/c1-3-16(8-10(2)6-13)9-11-4-5-12(14)15-7-11/h4-5,7,10H,3,8-9H2,1-2H3,(H2,14,15). The number of hydrogen-bond acceptors (Lipinski definition) is 4. The van der Waals surface area contributed by atoms with E-state index in [1.807, 2.05) is 13.0 Å². The fourth-order valence-corrected chi connectivity index (χ4v) is 1.52. The molecule has 0 amide bonds. The summed E-state index contributed by atoms with van der Waals surface area (Å²) in [4.78, 5) is 6.28. The highest BCUT2D eigenvalue weighted by Crippen LogP contribution is 2.07. The first-order valence-electron chi connectivity index (χ1n) is 5.48. The summed E-state index contributed by atoms with van der Waals surface area (Å²) in [5.41, 5.74) is 6.65. The summed E-state index contributed by atoms with van der Waals surface area (Å²) in [6.45, 7) is 6.56. The van der Waals surface area contributed by atoms with Crippen LogP contribution in [0, 0.1) is 17.2 Å². The van der Waals surface area contributed by atoms with E-state index in [0.29, 0.717) is 5.82 Å². The summed E-state index contributed by atoms with van der Waals surface area (Å²) in [5.74, 6) is 0.596. The van der Waals surface area contributed by atoms with Gasteiger partial charge in [-0.3, -0.25) is 4.90 Å². The quantitative estimate of drug-likeness (QED) is 0.816. The molecular formula is C12H18N4. The van der Waals surface area contributed by atoms with Crippen LogP contribution in [0.1, 0.15) is 19.4 Å². The molecule has 1 rings (SSSR count). The zero-order chi connectivity index (χ0) is 12.0. The largest absolute Gasteiger partial charge is 0.384 e. The predicted molar refractivity (Wildman–Crippen MR) is 64.4 cm³/mol. The monoisotopic (exact) mass is 218 g/mol. The van der Waals surface area contributed by atoms with Gasteiger partial charge in [0.1, 0.15) is 5.82 Å². The van der Waals surface area contributed by atoms with E-state index in [-0.39, 0.29) is 5.92 Å². The van der Waals surface area contributed by atoms with Crippen LogP contribution in [0.5, 0.6) is 0 Å². The Bertz CT molecular complexity index is 352. The van der Waals surface area contributed by atoms with Crippen molar-refractivity contribution in [3.63, 3.8) is 0 Å². The van der Waals surface area contributed by atoms with Crippen molar-refractivity contribution in [1.82, 2.24) is 9.88 Å². The number of aromatic nitrogens is 1. The third kappa shape index (κ3) is 3.87. The lowest BCUT2D eigenvalue weighted by molar-refractivity contribution is 0.260. The molecule has 0 aliphatic rings. The van der Waals surface area contributed by atoms with Crippen LogP contribution in [-0.2, 0) is 6.54 Å². The molecule has 86 valence electrons. The van der Waals surface area contributed by atoms with Crippen molar-refractivity contribution >= 4 is 5.82 Å². The van der Waals surface area contributed by atoms with Gasteiger partial charge in [0, 0.05) is 19.3 Å². The van der Waals surface area contributed by atoms with E-state index < -0.39 is 0 Å². The maximum Gasteiger partial charge on any atom is 0.123 e. The maximum absolute atomic E-state index is 8.78. The van der Waals surface area contributed by atoms with E-state index in [4.69, 9.17) is 11.0 Å². The molecule has 2 N–H and O–H groups in total. The van der Waals surface area contributed by atoms with Gasteiger partial charge in [0.25, 0.3) is 0 Å². The average Bonchev–Trinajstić information content (AvgIpc) is 2.30. The van der Waals surface area contributed by atoms with Gasteiger partial charge in [-0.1, -0.05) is 13.0 Å². The smallest absolute Gasteiger partial charge is 0.123 e. The first-order chi connectivity index (χ1) is 7.65. The van der Waals surface area contributed by atoms with E-state index in [2.05, 4.69) is 22.9 Å². The molecule has 0 aromatic carbocycles. The second kappa shape index (κ2) is 6.09. The number of rotatable bonds is 5. The van der Waals surface area contributed by atoms with Gasteiger partial charge >= 0.3 is 0 Å². The SMILES string of the molecule is CCN(Cc1ccc(N)nc1)CC(C)C#N. The Morgan fingerprint density at radius 1 is 1.56 bits per heavy atom. The fraction of sp³-hybridized carbons (Fsp3) is 0.500. The third-order valence-electron chi connectivity index (χ3n) is 2.45. The van der Waals surface area contributed by atoms with E-state index in [1.165, 1.54) is 0 Å². The summed E-state index contributed by atoms with van der Waals surface area (Å²) >= 11 is 0. The van der Waals surface area contributed by atoms with Crippen LogP contribution >= 0.6 is 0 Å². The van der Waals surface area contributed by atoms with Crippen molar-refractivity contribution < 1.29 is 0 Å². The molecule has 4 nitrogen and oxygen atoms in total. The third-order valence-corrected chi connectivity index (χ3v) is 2.45. The van der Waals surface area contributed by atoms with Gasteiger partial charge in [-0.15, -0.1) is 0 Å². The molecular weight excluding hydrogens is 200 g/mol. The zero-order valence-corrected chi connectivity index (χ0v) is 9.85. The number of anilines is 1. The van der Waals surface area contributed by atoms with E-state index in [9.17, 15) is 0 Å². The van der Waals surface area contributed by atoms with Gasteiger partial charge in [0.05, 0.1) is 12.0 Å². The fourth-order valence-electron chi connectivity index (χ4n) is 1.52. The highest BCUT2D eigenvalue weighted by molar-refractivity contribution is 5.29. The topological polar surface area (TPSA) is 65.9 Å².